The van der Waals surface area contributed by atoms with E-state index in [-0.39, 0.29) is 11.4 Å². The van der Waals surface area contributed by atoms with E-state index in [9.17, 15) is 13.6 Å². The Labute approximate surface area is 94.0 Å². The van der Waals surface area contributed by atoms with Gasteiger partial charge in [-0.25, -0.2) is 13.8 Å². The van der Waals surface area contributed by atoms with Crippen LogP contribution in [-0.4, -0.2) is 17.3 Å². The van der Waals surface area contributed by atoms with Crippen LogP contribution in [0.25, 0.3) is 0 Å². The Hall–Kier alpha value is -0.940. The third kappa shape index (κ3) is 2.35. The number of pyridine rings is 1. The summed E-state index contributed by atoms with van der Waals surface area (Å²) in [7, 11) is 1.23. The van der Waals surface area contributed by atoms with Gasteiger partial charge < -0.3 is 4.74 Å². The lowest BCUT2D eigenvalue weighted by Crippen LogP contribution is -2.02. The maximum absolute atomic E-state index is 12.4. The minimum atomic E-state index is -2.83. The second-order valence-corrected chi connectivity index (χ2v) is 3.21. The second kappa shape index (κ2) is 4.72. The van der Waals surface area contributed by atoms with Crippen molar-refractivity contribution in [1.29, 1.82) is 0 Å². The third-order valence-electron chi connectivity index (χ3n) is 1.63. The van der Waals surface area contributed by atoms with Crippen molar-refractivity contribution in [2.45, 2.75) is 6.43 Å². The van der Waals surface area contributed by atoms with Gasteiger partial charge in [-0.15, -0.1) is 0 Å². The minimum absolute atomic E-state index is 0.176. The molecule has 0 unspecified atom stereocenters. The number of carbonyl (C=O) groups excluding carboxylic acids is 1. The van der Waals surface area contributed by atoms with Gasteiger partial charge in [-0.3, -0.25) is 4.79 Å². The van der Waals surface area contributed by atoms with E-state index in [2.05, 4.69) is 9.72 Å². The molecule has 0 saturated heterocycles. The Morgan fingerprint density at radius 3 is 2.60 bits per heavy atom. The molecular weight excluding hydrogens is 251 g/mol. The van der Waals surface area contributed by atoms with Gasteiger partial charge in [0.15, 0.2) is 0 Å². The van der Waals surface area contributed by atoms with E-state index in [0.29, 0.717) is 0 Å². The maximum atomic E-state index is 12.4. The van der Waals surface area contributed by atoms with Crippen LogP contribution in [0.1, 0.15) is 22.3 Å². The summed E-state index contributed by atoms with van der Waals surface area (Å²) >= 11 is 10.8. The van der Waals surface area contributed by atoms with Gasteiger partial charge in [-0.1, -0.05) is 11.6 Å². The van der Waals surface area contributed by atoms with Gasteiger partial charge in [0.05, 0.1) is 17.7 Å². The van der Waals surface area contributed by atoms with Crippen molar-refractivity contribution >= 4 is 28.4 Å². The lowest BCUT2D eigenvalue weighted by atomic mass is 10.2. The van der Waals surface area contributed by atoms with Crippen LogP contribution in [0.4, 0.5) is 8.78 Å². The highest BCUT2D eigenvalue weighted by Gasteiger charge is 2.23. The van der Waals surface area contributed by atoms with Crippen molar-refractivity contribution in [3.05, 3.63) is 22.3 Å². The largest absolute Gasteiger partial charge is 0.480 e. The predicted molar refractivity (Wildman–Crippen MR) is 50.9 cm³/mol. The average molecular weight is 256 g/mol. The average Bonchev–Trinajstić information content (AvgIpc) is 2.15. The Balaban J connectivity index is 3.42. The molecular formula is C8H5Cl2F2NO2. The lowest BCUT2D eigenvalue weighted by Gasteiger charge is -2.09. The van der Waals surface area contributed by atoms with Crippen molar-refractivity contribution in [1.82, 2.24) is 4.98 Å². The van der Waals surface area contributed by atoms with Crippen LogP contribution < -0.4 is 4.74 Å². The molecule has 1 aromatic rings. The summed E-state index contributed by atoms with van der Waals surface area (Å²) in [5.74, 6) is -0.176. The molecule has 0 amide bonds. The molecule has 0 aliphatic rings. The Morgan fingerprint density at radius 2 is 2.20 bits per heavy atom. The van der Waals surface area contributed by atoms with E-state index >= 15 is 0 Å². The van der Waals surface area contributed by atoms with Crippen LogP contribution >= 0.6 is 23.2 Å². The zero-order valence-electron chi connectivity index (χ0n) is 7.43. The van der Waals surface area contributed by atoms with Crippen LogP contribution in [0.15, 0.2) is 6.20 Å². The molecule has 3 nitrogen and oxygen atoms in total. The Kier molecular flexibility index (Phi) is 3.82. The van der Waals surface area contributed by atoms with E-state index in [1.54, 1.807) is 0 Å². The molecule has 1 heterocycles. The van der Waals surface area contributed by atoms with Crippen LogP contribution in [0.5, 0.6) is 5.88 Å². The summed E-state index contributed by atoms with van der Waals surface area (Å²) in [6.45, 7) is 0. The van der Waals surface area contributed by atoms with Crippen molar-refractivity contribution < 1.29 is 18.3 Å². The van der Waals surface area contributed by atoms with E-state index in [1.807, 2.05) is 0 Å². The first-order valence-electron chi connectivity index (χ1n) is 3.69. The molecule has 0 saturated carbocycles. The Morgan fingerprint density at radius 1 is 1.60 bits per heavy atom. The quantitative estimate of drug-likeness (QED) is 0.780. The predicted octanol–water partition coefficient (Wildman–Crippen LogP) is 3.06. The first kappa shape index (κ1) is 12.1. The number of rotatable bonds is 3. The standard InChI is InChI=1S/C8H5Cl2F2NO2/c1-15-8-4(6(10)14)5(9)3(2-13-8)7(11)12/h2,7H,1H3. The lowest BCUT2D eigenvalue weighted by molar-refractivity contribution is 0.107. The van der Waals surface area contributed by atoms with E-state index in [1.165, 1.54) is 7.11 Å². The van der Waals surface area contributed by atoms with E-state index in [0.717, 1.165) is 6.20 Å². The van der Waals surface area contributed by atoms with Crippen LogP contribution in [0.2, 0.25) is 5.02 Å². The van der Waals surface area contributed by atoms with Crippen molar-refractivity contribution in [3.8, 4) is 5.88 Å². The zero-order valence-corrected chi connectivity index (χ0v) is 8.94. The molecule has 7 heteroatoms. The highest BCUT2D eigenvalue weighted by Crippen LogP contribution is 2.34. The molecule has 82 valence electrons. The molecule has 0 bridgehead atoms. The van der Waals surface area contributed by atoms with Gasteiger partial charge in [-0.05, 0) is 11.6 Å². The number of hydrogen-bond acceptors (Lipinski definition) is 3. The van der Waals surface area contributed by atoms with Gasteiger partial charge in [-0.2, -0.15) is 0 Å². The number of alkyl halides is 2. The Bertz CT molecular complexity index is 398. The molecule has 0 aliphatic heterocycles. The molecule has 0 spiro atoms. The molecule has 1 aromatic heterocycles. The first-order chi connectivity index (χ1) is 6.99. The summed E-state index contributed by atoms with van der Waals surface area (Å²) in [6, 6.07) is 0. The SMILES string of the molecule is COc1ncc(C(F)F)c(Cl)c1C(=O)Cl. The zero-order chi connectivity index (χ0) is 11.6. The summed E-state index contributed by atoms with van der Waals surface area (Å²) < 4.78 is 29.5. The minimum Gasteiger partial charge on any atom is -0.480 e. The van der Waals surface area contributed by atoms with Gasteiger partial charge in [0.2, 0.25) is 5.88 Å². The first-order valence-corrected chi connectivity index (χ1v) is 4.45. The van der Waals surface area contributed by atoms with Gasteiger partial charge in [0, 0.05) is 6.20 Å². The molecule has 0 aliphatic carbocycles. The molecule has 0 radical (unpaired) electrons. The molecule has 0 N–H and O–H groups in total. The molecule has 0 fully saturated rings. The molecule has 15 heavy (non-hydrogen) atoms. The van der Waals surface area contributed by atoms with Crippen LogP contribution in [0.3, 0.4) is 0 Å². The monoisotopic (exact) mass is 255 g/mol. The van der Waals surface area contributed by atoms with Gasteiger partial charge >= 0.3 is 0 Å². The number of hydrogen-bond donors (Lipinski definition) is 0. The summed E-state index contributed by atoms with van der Waals surface area (Å²) in [4.78, 5) is 14.4. The normalized spacial score (nSPS) is 10.5. The maximum Gasteiger partial charge on any atom is 0.266 e. The number of methoxy groups -OCH3 is 1. The summed E-state index contributed by atoms with van der Waals surface area (Å²) in [5, 5.41) is -1.43. The number of carbonyl (C=O) groups is 1. The number of nitrogens with zero attached hydrogens (tertiary/aromatic N) is 1. The van der Waals surface area contributed by atoms with Crippen LogP contribution in [-0.2, 0) is 0 Å². The fourth-order valence-electron chi connectivity index (χ4n) is 0.965. The number of ether oxygens (including phenoxy) is 1. The number of aromatic nitrogens is 1. The fraction of sp³-hybridized carbons (Fsp3) is 0.250. The number of halogens is 4. The molecule has 1 rings (SSSR count). The topological polar surface area (TPSA) is 39.2 Å². The highest BCUT2D eigenvalue weighted by atomic mass is 35.5. The van der Waals surface area contributed by atoms with E-state index < -0.39 is 22.3 Å². The van der Waals surface area contributed by atoms with Crippen molar-refractivity contribution in [2.24, 2.45) is 0 Å². The van der Waals surface area contributed by atoms with Crippen LogP contribution in [0, 0.1) is 0 Å². The summed E-state index contributed by atoms with van der Waals surface area (Å²) in [6.07, 6.45) is -1.99. The summed E-state index contributed by atoms with van der Waals surface area (Å²) in [5.41, 5.74) is -0.903. The second-order valence-electron chi connectivity index (χ2n) is 2.49. The van der Waals surface area contributed by atoms with Gasteiger partial charge in [0.1, 0.15) is 5.56 Å². The highest BCUT2D eigenvalue weighted by molar-refractivity contribution is 6.69. The van der Waals surface area contributed by atoms with Crippen molar-refractivity contribution in [3.63, 3.8) is 0 Å². The third-order valence-corrected chi connectivity index (χ3v) is 2.23. The smallest absolute Gasteiger partial charge is 0.266 e. The molecule has 0 atom stereocenters. The van der Waals surface area contributed by atoms with Crippen molar-refractivity contribution in [2.75, 3.05) is 7.11 Å². The fourth-order valence-corrected chi connectivity index (χ4v) is 1.49. The van der Waals surface area contributed by atoms with E-state index in [4.69, 9.17) is 23.2 Å². The molecule has 0 aromatic carbocycles. The van der Waals surface area contributed by atoms with Gasteiger partial charge in [0.25, 0.3) is 11.7 Å².